The predicted octanol–water partition coefficient (Wildman–Crippen LogP) is 8.31. The van der Waals surface area contributed by atoms with Crippen LogP contribution in [0.2, 0.25) is 0 Å². The maximum absolute atomic E-state index is 13.0. The Morgan fingerprint density at radius 2 is 1.35 bits per heavy atom. The second-order valence-corrected chi connectivity index (χ2v) is 18.4. The summed E-state index contributed by atoms with van der Waals surface area (Å²) >= 11 is 1.91. The van der Waals surface area contributed by atoms with Gasteiger partial charge in [0.15, 0.2) is 0 Å². The van der Waals surface area contributed by atoms with Crippen LogP contribution in [-0.2, 0) is 9.59 Å². The van der Waals surface area contributed by atoms with E-state index in [-0.39, 0.29) is 30.0 Å². The van der Waals surface area contributed by atoms with Crippen molar-refractivity contribution in [3.05, 3.63) is 89.5 Å². The highest BCUT2D eigenvalue weighted by atomic mass is 32.2. The minimum Gasteiger partial charge on any atom is -0.492 e. The average molecular weight is 866 g/mol. The Labute approximate surface area is 373 Å². The summed E-state index contributed by atoms with van der Waals surface area (Å²) < 4.78 is 18.2. The van der Waals surface area contributed by atoms with Crippen molar-refractivity contribution >= 4 is 40.8 Å². The number of benzene rings is 3. The van der Waals surface area contributed by atoms with Crippen LogP contribution < -0.4 is 30.2 Å². The minimum absolute atomic E-state index is 0.0605. The van der Waals surface area contributed by atoms with E-state index in [1.807, 2.05) is 30.0 Å². The average Bonchev–Trinajstić information content (AvgIpc) is 4.12. The molecule has 62 heavy (non-hydrogen) atoms. The molecule has 3 atom stereocenters. The normalized spacial score (nSPS) is 19.8. The zero-order valence-electron chi connectivity index (χ0n) is 36.7. The van der Waals surface area contributed by atoms with Gasteiger partial charge in [-0.25, -0.2) is 4.79 Å². The molecule has 0 spiro atoms. The summed E-state index contributed by atoms with van der Waals surface area (Å²) in [6.07, 6.45) is 11.8. The quantitative estimate of drug-likeness (QED) is 0.0269. The Balaban J connectivity index is 0.900. The van der Waals surface area contributed by atoms with Gasteiger partial charge in [-0.1, -0.05) is 56.2 Å². The second kappa shape index (κ2) is 23.8. The predicted molar refractivity (Wildman–Crippen MR) is 249 cm³/mol. The summed E-state index contributed by atoms with van der Waals surface area (Å²) in [6, 6.07) is 25.1. The highest BCUT2D eigenvalue weighted by Gasteiger charge is 2.42. The van der Waals surface area contributed by atoms with Gasteiger partial charge in [-0.2, -0.15) is 11.8 Å². The number of likely N-dealkylation sites (tertiary alicyclic amines) is 2. The fourth-order valence-electron chi connectivity index (χ4n) is 9.16. The molecule has 4 aliphatic rings. The number of urea groups is 1. The fourth-order valence-corrected chi connectivity index (χ4v) is 10.7. The van der Waals surface area contributed by atoms with Crippen LogP contribution in [0.3, 0.4) is 0 Å². The van der Waals surface area contributed by atoms with Gasteiger partial charge in [0.25, 0.3) is 0 Å². The maximum Gasteiger partial charge on any atom is 0.315 e. The molecule has 3 N–H and O–H groups in total. The summed E-state index contributed by atoms with van der Waals surface area (Å²) in [4.78, 5) is 41.9. The van der Waals surface area contributed by atoms with E-state index in [9.17, 15) is 14.4 Å². The number of nitrogens with zero attached hydrogens (tertiary/aromatic N) is 2. The van der Waals surface area contributed by atoms with Crippen LogP contribution in [0, 0.1) is 0 Å². The topological polar surface area (TPSA) is 121 Å². The van der Waals surface area contributed by atoms with E-state index in [1.165, 1.54) is 25.7 Å². The number of hydrogen-bond acceptors (Lipinski definition) is 9. The van der Waals surface area contributed by atoms with Crippen LogP contribution >= 0.6 is 11.8 Å². The molecule has 4 saturated heterocycles. The van der Waals surface area contributed by atoms with Gasteiger partial charge in [0, 0.05) is 43.5 Å². The first kappa shape index (κ1) is 45.5. The lowest BCUT2D eigenvalue weighted by Crippen LogP contribution is -2.36. The molecular weight excluding hydrogens is 799 g/mol. The Morgan fingerprint density at radius 3 is 1.98 bits per heavy atom. The van der Waals surface area contributed by atoms with Gasteiger partial charge >= 0.3 is 12.0 Å². The molecule has 3 aromatic carbocycles. The summed E-state index contributed by atoms with van der Waals surface area (Å²) in [5.74, 6) is 3.04. The number of amides is 3. The maximum atomic E-state index is 13.0. The van der Waals surface area contributed by atoms with Crippen molar-refractivity contribution in [3.8, 4) is 17.2 Å². The smallest absolute Gasteiger partial charge is 0.315 e. The Hall–Kier alpha value is -4.52. The highest BCUT2D eigenvalue weighted by molar-refractivity contribution is 8.00. The third kappa shape index (κ3) is 13.5. The van der Waals surface area contributed by atoms with Crippen molar-refractivity contribution in [2.45, 2.75) is 108 Å². The Kier molecular flexibility index (Phi) is 17.5. The molecule has 0 saturated carbocycles. The second-order valence-electron chi connectivity index (χ2n) is 17.1. The van der Waals surface area contributed by atoms with Crippen LogP contribution in [0.5, 0.6) is 17.2 Å². The first-order valence-electron chi connectivity index (χ1n) is 23.3. The van der Waals surface area contributed by atoms with Crippen molar-refractivity contribution in [3.63, 3.8) is 0 Å². The number of fused-ring (bicyclic) bond motifs is 1. The highest BCUT2D eigenvalue weighted by Crippen LogP contribution is 2.37. The van der Waals surface area contributed by atoms with Gasteiger partial charge in [-0.15, -0.1) is 0 Å². The Morgan fingerprint density at radius 1 is 0.726 bits per heavy atom. The van der Waals surface area contributed by atoms with Gasteiger partial charge in [-0.3, -0.25) is 19.4 Å². The minimum atomic E-state index is -0.256. The summed E-state index contributed by atoms with van der Waals surface area (Å²) in [6.45, 7) is 10.7. The van der Waals surface area contributed by atoms with Crippen LogP contribution in [0.1, 0.15) is 107 Å². The van der Waals surface area contributed by atoms with E-state index < -0.39 is 0 Å². The molecule has 4 fully saturated rings. The molecule has 3 amide bonds. The summed E-state index contributed by atoms with van der Waals surface area (Å²) in [5, 5.41) is 9.46. The number of hydrogen-bond donors (Lipinski definition) is 3. The molecule has 0 aliphatic carbocycles. The van der Waals surface area contributed by atoms with Gasteiger partial charge < -0.3 is 30.2 Å². The molecule has 0 bridgehead atoms. The number of allylic oxidation sites excluding steroid dienone is 1. The van der Waals surface area contributed by atoms with Crippen molar-refractivity contribution in [2.75, 3.05) is 64.8 Å². The lowest BCUT2D eigenvalue weighted by molar-refractivity contribution is -0.134. The van der Waals surface area contributed by atoms with E-state index in [4.69, 9.17) is 14.2 Å². The molecular formula is C50H67N5O6S. The number of unbranched alkanes of at least 4 members (excludes halogenated alkanes) is 3. The first-order valence-corrected chi connectivity index (χ1v) is 24.4. The van der Waals surface area contributed by atoms with Crippen LogP contribution in [-0.4, -0.2) is 110 Å². The van der Waals surface area contributed by atoms with Crippen LogP contribution in [0.25, 0.3) is 11.1 Å². The number of carbonyl (C=O) groups is 3. The van der Waals surface area contributed by atoms with Crippen molar-refractivity contribution in [1.82, 2.24) is 25.8 Å². The van der Waals surface area contributed by atoms with Gasteiger partial charge in [0.05, 0.1) is 12.1 Å². The van der Waals surface area contributed by atoms with E-state index >= 15 is 0 Å². The molecule has 334 valence electrons. The lowest BCUT2D eigenvalue weighted by atomic mass is 9.88. The summed E-state index contributed by atoms with van der Waals surface area (Å²) in [7, 11) is 0. The number of nitrogens with one attached hydrogen (secondary N) is 3. The first-order chi connectivity index (χ1) is 30.4. The molecule has 4 heterocycles. The molecule has 0 radical (unpaired) electrons. The molecule has 11 nitrogen and oxygen atoms in total. The van der Waals surface area contributed by atoms with E-state index in [0.29, 0.717) is 50.0 Å². The van der Waals surface area contributed by atoms with E-state index in [1.54, 1.807) is 0 Å². The molecule has 12 heteroatoms. The molecule has 7 rings (SSSR count). The van der Waals surface area contributed by atoms with Crippen LogP contribution in [0.15, 0.2) is 72.8 Å². The number of thioether (sulfide) groups is 1. The summed E-state index contributed by atoms with van der Waals surface area (Å²) in [5.41, 5.74) is 5.45. The van der Waals surface area contributed by atoms with Gasteiger partial charge in [0.2, 0.25) is 5.91 Å². The number of ether oxygens (including phenoxy) is 3. The van der Waals surface area contributed by atoms with Crippen molar-refractivity contribution in [1.29, 1.82) is 0 Å². The van der Waals surface area contributed by atoms with Crippen molar-refractivity contribution < 1.29 is 28.6 Å². The molecule has 1 unspecified atom stereocenters. The van der Waals surface area contributed by atoms with Crippen molar-refractivity contribution in [2.24, 2.45) is 0 Å². The number of carbonyl (C=O) groups excluding carboxylic acids is 3. The molecule has 4 aliphatic heterocycles. The van der Waals surface area contributed by atoms with Gasteiger partial charge in [-0.05, 0) is 148 Å². The molecule has 3 aromatic rings. The third-order valence-electron chi connectivity index (χ3n) is 12.6. The standard InChI is InChI=1S/C50H67N5O6S/c1-2-43(39-13-12-14-42(35-39)61-47(57)17-4-3-7-26-51-46(56)16-6-5-15-45-49-44(36-62-45)52-50(58)53-49)48(37-18-22-40(23-19-37)59-33-31-54-27-8-9-28-54)38-20-24-41(25-21-38)60-34-32-55-29-10-11-30-55/h12-14,18-25,35,44-45,49H,2-11,15-17,26-34,36H2,1H3,(H,51,56)(H2,52,53,58)/t44-,45?,49-/m0/s1. The molecule has 0 aromatic heterocycles. The Bertz CT molecular complexity index is 1860. The van der Waals surface area contributed by atoms with E-state index in [2.05, 4.69) is 87.3 Å². The van der Waals surface area contributed by atoms with Crippen LogP contribution in [0.4, 0.5) is 4.79 Å². The zero-order valence-corrected chi connectivity index (χ0v) is 37.5. The monoisotopic (exact) mass is 865 g/mol. The largest absolute Gasteiger partial charge is 0.492 e. The third-order valence-corrected chi connectivity index (χ3v) is 14.1. The SMILES string of the molecule is CCC(=C(c1ccc(OCCN2CCCC2)cc1)c1ccc(OCCN2CCCC2)cc1)c1cccc(OC(=O)CCCCCNC(=O)CCCCC2SC[C@@H]3NC(=O)N[C@H]23)c1. The van der Waals surface area contributed by atoms with E-state index in [0.717, 1.165) is 123 Å². The lowest BCUT2D eigenvalue weighted by Gasteiger charge is -2.19. The van der Waals surface area contributed by atoms with Gasteiger partial charge in [0.1, 0.15) is 30.5 Å². The zero-order chi connectivity index (χ0) is 42.9. The number of esters is 1. The fraction of sp³-hybridized carbons (Fsp3) is 0.540. The number of rotatable bonds is 24.